The Balaban J connectivity index is 1.56. The van der Waals surface area contributed by atoms with Crippen molar-refractivity contribution in [2.45, 2.75) is 6.42 Å². The smallest absolute Gasteiger partial charge is 0.260 e. The van der Waals surface area contributed by atoms with E-state index in [2.05, 4.69) is 15.5 Å². The lowest BCUT2D eigenvalue weighted by atomic mass is 10.1. The molecule has 0 fully saturated rings. The number of nitrogens with one attached hydrogen (secondary N) is 1. The van der Waals surface area contributed by atoms with Gasteiger partial charge < -0.3 is 14.3 Å². The monoisotopic (exact) mass is 345 g/mol. The number of aromatic nitrogens is 2. The van der Waals surface area contributed by atoms with Crippen molar-refractivity contribution in [2.24, 2.45) is 0 Å². The number of anilines is 1. The molecule has 4 rings (SSSR count). The molecule has 6 heteroatoms. The number of para-hydroxylation sites is 1. The third-order valence-electron chi connectivity index (χ3n) is 3.81. The van der Waals surface area contributed by atoms with Crippen LogP contribution >= 0.6 is 0 Å². The fourth-order valence-electron chi connectivity index (χ4n) is 2.59. The molecule has 26 heavy (non-hydrogen) atoms. The van der Waals surface area contributed by atoms with Crippen LogP contribution in [0.4, 0.5) is 5.69 Å². The van der Waals surface area contributed by atoms with Gasteiger partial charge in [-0.2, -0.15) is 4.98 Å². The Hall–Kier alpha value is -3.67. The van der Waals surface area contributed by atoms with Gasteiger partial charge in [-0.25, -0.2) is 0 Å². The topological polar surface area (TPSA) is 81.2 Å². The maximum Gasteiger partial charge on any atom is 0.260 e. The van der Waals surface area contributed by atoms with Gasteiger partial charge in [0, 0.05) is 0 Å². The molecule has 0 spiro atoms. The molecule has 0 aliphatic rings. The predicted molar refractivity (Wildman–Crippen MR) is 96.2 cm³/mol. The molecule has 2 aromatic carbocycles. The number of carbonyl (C=O) groups excluding carboxylic acids is 1. The predicted octanol–water partition coefficient (Wildman–Crippen LogP) is 4.18. The van der Waals surface area contributed by atoms with Crippen molar-refractivity contribution in [1.82, 2.24) is 10.1 Å². The fourth-order valence-corrected chi connectivity index (χ4v) is 2.59. The zero-order valence-electron chi connectivity index (χ0n) is 13.8. The van der Waals surface area contributed by atoms with Gasteiger partial charge in [-0.05, 0) is 29.8 Å². The lowest BCUT2D eigenvalue weighted by Crippen LogP contribution is -2.14. The van der Waals surface area contributed by atoms with E-state index in [0.29, 0.717) is 28.7 Å². The molecule has 2 heterocycles. The molecule has 1 amide bonds. The van der Waals surface area contributed by atoms with E-state index in [4.69, 9.17) is 8.94 Å². The van der Waals surface area contributed by atoms with Gasteiger partial charge in [0.2, 0.25) is 11.7 Å². The van der Waals surface area contributed by atoms with Gasteiger partial charge in [-0.3, -0.25) is 4.79 Å². The summed E-state index contributed by atoms with van der Waals surface area (Å²) in [6.45, 7) is 0. The first kappa shape index (κ1) is 15.8. The minimum Gasteiger partial charge on any atom is -0.461 e. The van der Waals surface area contributed by atoms with Gasteiger partial charge in [0.1, 0.15) is 0 Å². The third-order valence-corrected chi connectivity index (χ3v) is 3.81. The summed E-state index contributed by atoms with van der Waals surface area (Å²) in [5.74, 6) is 1.07. The summed E-state index contributed by atoms with van der Waals surface area (Å²) >= 11 is 0. The molecule has 0 unspecified atom stereocenters. The molecule has 2 aromatic heterocycles. The summed E-state index contributed by atoms with van der Waals surface area (Å²) in [7, 11) is 0. The second-order valence-corrected chi connectivity index (χ2v) is 5.66. The number of rotatable bonds is 5. The standard InChI is InChI=1S/C20H15N3O3/c24-18(13-14-7-2-1-3-8-14)21-16-10-5-4-9-15(16)20-22-19(23-26-20)17-11-6-12-25-17/h1-12H,13H2,(H,21,24). The zero-order chi connectivity index (χ0) is 17.8. The first-order chi connectivity index (χ1) is 12.8. The minimum atomic E-state index is -0.116. The highest BCUT2D eigenvalue weighted by Gasteiger charge is 2.16. The van der Waals surface area contributed by atoms with Crippen LogP contribution in [-0.4, -0.2) is 16.0 Å². The average molecular weight is 345 g/mol. The molecule has 0 bridgehead atoms. The molecule has 0 aliphatic carbocycles. The van der Waals surface area contributed by atoms with E-state index in [1.807, 2.05) is 48.5 Å². The summed E-state index contributed by atoms with van der Waals surface area (Å²) in [6.07, 6.45) is 1.83. The minimum absolute atomic E-state index is 0.116. The summed E-state index contributed by atoms with van der Waals surface area (Å²) in [6, 6.07) is 20.4. The molecule has 0 saturated heterocycles. The number of nitrogens with zero attached hydrogens (tertiary/aromatic N) is 2. The van der Waals surface area contributed by atoms with Crippen molar-refractivity contribution in [3.63, 3.8) is 0 Å². The largest absolute Gasteiger partial charge is 0.461 e. The number of hydrogen-bond acceptors (Lipinski definition) is 5. The van der Waals surface area contributed by atoms with Gasteiger partial charge in [0.15, 0.2) is 5.76 Å². The number of carbonyl (C=O) groups is 1. The van der Waals surface area contributed by atoms with Crippen molar-refractivity contribution in [1.29, 1.82) is 0 Å². The van der Waals surface area contributed by atoms with Crippen LogP contribution in [0.15, 0.2) is 81.9 Å². The van der Waals surface area contributed by atoms with Gasteiger partial charge in [-0.15, -0.1) is 0 Å². The van der Waals surface area contributed by atoms with E-state index in [-0.39, 0.29) is 12.3 Å². The molecule has 128 valence electrons. The maximum absolute atomic E-state index is 12.4. The van der Waals surface area contributed by atoms with E-state index >= 15 is 0 Å². The lowest BCUT2D eigenvalue weighted by Gasteiger charge is -2.08. The summed E-state index contributed by atoms with van der Waals surface area (Å²) in [5, 5.41) is 6.84. The van der Waals surface area contributed by atoms with E-state index < -0.39 is 0 Å². The number of furan rings is 1. The Bertz CT molecular complexity index is 1010. The van der Waals surface area contributed by atoms with Crippen LogP contribution in [0.3, 0.4) is 0 Å². The number of amides is 1. The Morgan fingerprint density at radius 3 is 2.58 bits per heavy atom. The van der Waals surface area contributed by atoms with Crippen LogP contribution in [0.1, 0.15) is 5.56 Å². The summed E-state index contributed by atoms with van der Waals surface area (Å²) < 4.78 is 10.6. The van der Waals surface area contributed by atoms with Crippen molar-refractivity contribution in [2.75, 3.05) is 5.32 Å². The highest BCUT2D eigenvalue weighted by molar-refractivity contribution is 5.95. The molecule has 6 nitrogen and oxygen atoms in total. The van der Waals surface area contributed by atoms with Crippen LogP contribution < -0.4 is 5.32 Å². The third kappa shape index (κ3) is 3.39. The van der Waals surface area contributed by atoms with Crippen molar-refractivity contribution in [3.05, 3.63) is 78.6 Å². The molecule has 0 radical (unpaired) electrons. The van der Waals surface area contributed by atoms with Crippen LogP contribution in [0.2, 0.25) is 0 Å². The lowest BCUT2D eigenvalue weighted by molar-refractivity contribution is -0.115. The number of hydrogen-bond donors (Lipinski definition) is 1. The van der Waals surface area contributed by atoms with E-state index in [1.165, 1.54) is 0 Å². The average Bonchev–Trinajstić information content (AvgIpc) is 3.35. The summed E-state index contributed by atoms with van der Waals surface area (Å²) in [4.78, 5) is 16.7. The highest BCUT2D eigenvalue weighted by Crippen LogP contribution is 2.28. The van der Waals surface area contributed by atoms with Gasteiger partial charge in [0.25, 0.3) is 5.89 Å². The van der Waals surface area contributed by atoms with E-state index in [0.717, 1.165) is 5.56 Å². The Labute approximate surface area is 149 Å². The van der Waals surface area contributed by atoms with Gasteiger partial charge in [0.05, 0.1) is 23.9 Å². The second-order valence-electron chi connectivity index (χ2n) is 5.66. The van der Waals surface area contributed by atoms with Gasteiger partial charge >= 0.3 is 0 Å². The Kier molecular flexibility index (Phi) is 4.30. The van der Waals surface area contributed by atoms with Crippen molar-refractivity contribution < 1.29 is 13.7 Å². The molecular formula is C20H15N3O3. The molecule has 0 saturated carbocycles. The summed E-state index contributed by atoms with van der Waals surface area (Å²) in [5.41, 5.74) is 2.21. The fraction of sp³-hybridized carbons (Fsp3) is 0.0500. The quantitative estimate of drug-likeness (QED) is 0.587. The SMILES string of the molecule is O=C(Cc1ccccc1)Nc1ccccc1-c1nc(-c2ccco2)no1. The van der Waals surface area contributed by atoms with Crippen molar-refractivity contribution >= 4 is 11.6 Å². The highest BCUT2D eigenvalue weighted by atomic mass is 16.5. The van der Waals surface area contributed by atoms with Crippen LogP contribution in [-0.2, 0) is 11.2 Å². The Morgan fingerprint density at radius 2 is 1.77 bits per heavy atom. The molecule has 0 atom stereocenters. The zero-order valence-corrected chi connectivity index (χ0v) is 13.8. The first-order valence-electron chi connectivity index (χ1n) is 8.10. The van der Waals surface area contributed by atoms with E-state index in [1.54, 1.807) is 24.5 Å². The molecular weight excluding hydrogens is 330 g/mol. The maximum atomic E-state index is 12.4. The van der Waals surface area contributed by atoms with Crippen LogP contribution in [0.25, 0.3) is 23.0 Å². The Morgan fingerprint density at radius 1 is 0.962 bits per heavy atom. The van der Waals surface area contributed by atoms with Crippen LogP contribution in [0.5, 0.6) is 0 Å². The normalized spacial score (nSPS) is 10.6. The van der Waals surface area contributed by atoms with Crippen molar-refractivity contribution in [3.8, 4) is 23.0 Å². The second kappa shape index (κ2) is 7.06. The van der Waals surface area contributed by atoms with Gasteiger partial charge in [-0.1, -0.05) is 47.6 Å². The number of benzene rings is 2. The van der Waals surface area contributed by atoms with Crippen LogP contribution in [0, 0.1) is 0 Å². The molecule has 4 aromatic rings. The first-order valence-corrected chi connectivity index (χ1v) is 8.10. The molecule has 1 N–H and O–H groups in total. The van der Waals surface area contributed by atoms with E-state index in [9.17, 15) is 4.79 Å². The molecule has 0 aliphatic heterocycles.